The van der Waals surface area contributed by atoms with Gasteiger partial charge in [-0.2, -0.15) is 0 Å². The van der Waals surface area contributed by atoms with E-state index in [4.69, 9.17) is 0 Å². The number of rotatable bonds is 4. The van der Waals surface area contributed by atoms with Crippen LogP contribution in [0.4, 0.5) is 0 Å². The minimum Gasteiger partial charge on any atom is -0.273 e. The molecule has 0 aromatic heterocycles. The molecule has 0 aliphatic carbocycles. The molecule has 2 aliphatic heterocycles. The summed E-state index contributed by atoms with van der Waals surface area (Å²) in [6.07, 6.45) is 1.02. The number of piperidine rings is 1. The fraction of sp³-hybridized carbons (Fsp3) is 0.529. The molecule has 2 heterocycles. The van der Waals surface area contributed by atoms with Gasteiger partial charge in [-0.15, -0.1) is 0 Å². The summed E-state index contributed by atoms with van der Waals surface area (Å²) in [6, 6.07) is 6.58. The Kier molecular flexibility index (Phi) is 4.48. The maximum absolute atomic E-state index is 12.6. The van der Waals surface area contributed by atoms with Crippen molar-refractivity contribution in [1.82, 2.24) is 9.21 Å². The lowest BCUT2D eigenvalue weighted by Crippen LogP contribution is -2.45. The zero-order chi connectivity index (χ0) is 17.5. The van der Waals surface area contributed by atoms with Gasteiger partial charge in [0.15, 0.2) is 0 Å². The first-order chi connectivity index (χ1) is 11.3. The molecule has 0 bridgehead atoms. The van der Waals surface area contributed by atoms with E-state index in [1.165, 1.54) is 4.31 Å². The molecule has 0 radical (unpaired) electrons. The number of fused-ring (bicyclic) bond motifs is 1. The number of carbonyl (C=O) groups excluding carboxylic acids is 2. The summed E-state index contributed by atoms with van der Waals surface area (Å²) in [5.74, 6) is -0.402. The topological polar surface area (TPSA) is 74.8 Å². The van der Waals surface area contributed by atoms with Crippen LogP contribution in [0.5, 0.6) is 0 Å². The summed E-state index contributed by atoms with van der Waals surface area (Å²) in [4.78, 5) is 25.6. The molecule has 24 heavy (non-hydrogen) atoms. The van der Waals surface area contributed by atoms with E-state index >= 15 is 0 Å². The second-order valence-corrected chi connectivity index (χ2v) is 8.98. The molecule has 2 atom stereocenters. The van der Waals surface area contributed by atoms with Gasteiger partial charge in [0, 0.05) is 19.6 Å². The SMILES string of the molecule is CC1CC(C)CN(S(=O)(=O)CCN2C(=O)c3ccccc3C2=O)C1. The van der Waals surface area contributed by atoms with Crippen molar-refractivity contribution in [1.29, 1.82) is 0 Å². The lowest BCUT2D eigenvalue weighted by Gasteiger charge is -2.34. The van der Waals surface area contributed by atoms with Gasteiger partial charge in [0.2, 0.25) is 10.0 Å². The molecule has 2 aliphatic rings. The van der Waals surface area contributed by atoms with E-state index in [9.17, 15) is 18.0 Å². The van der Waals surface area contributed by atoms with Gasteiger partial charge in [0.1, 0.15) is 0 Å². The van der Waals surface area contributed by atoms with Crippen molar-refractivity contribution in [2.45, 2.75) is 20.3 Å². The van der Waals surface area contributed by atoms with Crippen LogP contribution in [0.1, 0.15) is 41.0 Å². The number of amides is 2. The van der Waals surface area contributed by atoms with Crippen molar-refractivity contribution < 1.29 is 18.0 Å². The quantitative estimate of drug-likeness (QED) is 0.773. The molecule has 0 N–H and O–H groups in total. The molecule has 0 spiro atoms. The van der Waals surface area contributed by atoms with Crippen molar-refractivity contribution in [3.05, 3.63) is 35.4 Å². The third-order valence-corrected chi connectivity index (χ3v) is 6.46. The van der Waals surface area contributed by atoms with Crippen LogP contribution in [0.25, 0.3) is 0 Å². The highest BCUT2D eigenvalue weighted by atomic mass is 32.2. The highest BCUT2D eigenvalue weighted by Gasteiger charge is 2.37. The van der Waals surface area contributed by atoms with E-state index in [1.54, 1.807) is 24.3 Å². The van der Waals surface area contributed by atoms with Gasteiger partial charge < -0.3 is 0 Å². The Labute approximate surface area is 142 Å². The Bertz CT molecular complexity index is 730. The first kappa shape index (κ1) is 17.1. The third-order valence-electron chi connectivity index (χ3n) is 4.68. The Balaban J connectivity index is 1.70. The van der Waals surface area contributed by atoms with Gasteiger partial charge >= 0.3 is 0 Å². The average molecular weight is 350 g/mol. The summed E-state index contributed by atoms with van der Waals surface area (Å²) in [5, 5.41) is 0. The minimum absolute atomic E-state index is 0.103. The van der Waals surface area contributed by atoms with Gasteiger partial charge in [-0.25, -0.2) is 12.7 Å². The van der Waals surface area contributed by atoms with Crippen molar-refractivity contribution in [3.63, 3.8) is 0 Å². The zero-order valence-electron chi connectivity index (χ0n) is 13.9. The second-order valence-electron chi connectivity index (χ2n) is 6.89. The Morgan fingerprint density at radius 3 is 2.00 bits per heavy atom. The molecule has 2 unspecified atom stereocenters. The van der Waals surface area contributed by atoms with E-state index in [2.05, 4.69) is 0 Å². The molecule has 1 aromatic carbocycles. The second kappa shape index (κ2) is 6.29. The van der Waals surface area contributed by atoms with E-state index < -0.39 is 21.8 Å². The normalized spacial score (nSPS) is 25.2. The maximum Gasteiger partial charge on any atom is 0.261 e. The predicted molar refractivity (Wildman–Crippen MR) is 90.1 cm³/mol. The van der Waals surface area contributed by atoms with Crippen LogP contribution in [-0.2, 0) is 10.0 Å². The van der Waals surface area contributed by atoms with Crippen LogP contribution in [0.2, 0.25) is 0 Å². The highest BCUT2D eigenvalue weighted by molar-refractivity contribution is 7.89. The van der Waals surface area contributed by atoms with Crippen molar-refractivity contribution in [3.8, 4) is 0 Å². The van der Waals surface area contributed by atoms with Gasteiger partial charge in [0.05, 0.1) is 16.9 Å². The van der Waals surface area contributed by atoms with Crippen molar-refractivity contribution in [2.75, 3.05) is 25.4 Å². The fourth-order valence-electron chi connectivity index (χ4n) is 3.61. The molecule has 1 fully saturated rings. The van der Waals surface area contributed by atoms with Gasteiger partial charge in [0.25, 0.3) is 11.8 Å². The summed E-state index contributed by atoms with van der Waals surface area (Å²) >= 11 is 0. The van der Waals surface area contributed by atoms with Crippen LogP contribution in [0.3, 0.4) is 0 Å². The van der Waals surface area contributed by atoms with Gasteiger partial charge in [-0.3, -0.25) is 14.5 Å². The summed E-state index contributed by atoms with van der Waals surface area (Å²) in [6.45, 7) is 5.00. The lowest BCUT2D eigenvalue weighted by molar-refractivity contribution is 0.0663. The fourth-order valence-corrected chi connectivity index (χ4v) is 5.25. The van der Waals surface area contributed by atoms with Crippen LogP contribution < -0.4 is 0 Å². The Hall–Kier alpha value is -1.73. The third kappa shape index (κ3) is 3.10. The largest absolute Gasteiger partial charge is 0.273 e. The Morgan fingerprint density at radius 2 is 1.50 bits per heavy atom. The van der Waals surface area contributed by atoms with Crippen LogP contribution in [0, 0.1) is 11.8 Å². The standard InChI is InChI=1S/C17H22N2O4S/c1-12-9-13(2)11-18(10-12)24(22,23)8-7-19-16(20)14-5-3-4-6-15(14)17(19)21/h3-6,12-13H,7-11H2,1-2H3. The number of hydrogen-bond acceptors (Lipinski definition) is 4. The molecule has 130 valence electrons. The van der Waals surface area contributed by atoms with E-state index in [-0.39, 0.29) is 12.3 Å². The monoisotopic (exact) mass is 350 g/mol. The minimum atomic E-state index is -3.48. The molecule has 2 amide bonds. The first-order valence-electron chi connectivity index (χ1n) is 8.22. The van der Waals surface area contributed by atoms with Gasteiger partial charge in [-0.05, 0) is 30.4 Å². The molecule has 3 rings (SSSR count). The molecule has 1 saturated heterocycles. The molecular weight excluding hydrogens is 328 g/mol. The number of benzene rings is 1. The number of imide groups is 1. The molecule has 1 aromatic rings. The predicted octanol–water partition coefficient (Wildman–Crippen LogP) is 1.59. The van der Waals surface area contributed by atoms with E-state index in [0.29, 0.717) is 36.1 Å². The number of carbonyl (C=O) groups is 2. The lowest BCUT2D eigenvalue weighted by atomic mass is 9.94. The van der Waals surface area contributed by atoms with E-state index in [1.807, 2.05) is 13.8 Å². The Morgan fingerprint density at radius 1 is 1.00 bits per heavy atom. The molecule has 6 nitrogen and oxygen atoms in total. The molecule has 7 heteroatoms. The summed E-state index contributed by atoms with van der Waals surface area (Å²) in [5.41, 5.74) is 0.695. The highest BCUT2D eigenvalue weighted by Crippen LogP contribution is 2.25. The maximum atomic E-state index is 12.6. The van der Waals surface area contributed by atoms with Crippen LogP contribution in [0.15, 0.2) is 24.3 Å². The average Bonchev–Trinajstić information content (AvgIpc) is 2.76. The number of nitrogens with zero attached hydrogens (tertiary/aromatic N) is 2. The zero-order valence-corrected chi connectivity index (χ0v) is 14.8. The van der Waals surface area contributed by atoms with E-state index in [0.717, 1.165) is 11.3 Å². The van der Waals surface area contributed by atoms with Crippen molar-refractivity contribution >= 4 is 21.8 Å². The summed E-state index contributed by atoms with van der Waals surface area (Å²) in [7, 11) is -3.48. The number of sulfonamides is 1. The van der Waals surface area contributed by atoms with Gasteiger partial charge in [-0.1, -0.05) is 26.0 Å². The molecular formula is C17H22N2O4S. The first-order valence-corrected chi connectivity index (χ1v) is 9.83. The van der Waals surface area contributed by atoms with Crippen LogP contribution >= 0.6 is 0 Å². The summed E-state index contributed by atoms with van der Waals surface area (Å²) < 4.78 is 26.7. The number of hydrogen-bond donors (Lipinski definition) is 0. The van der Waals surface area contributed by atoms with Crippen molar-refractivity contribution in [2.24, 2.45) is 11.8 Å². The van der Waals surface area contributed by atoms with Crippen LogP contribution in [-0.4, -0.2) is 54.8 Å². The smallest absolute Gasteiger partial charge is 0.261 e. The molecule has 0 saturated carbocycles.